The van der Waals surface area contributed by atoms with Gasteiger partial charge in [0, 0.05) is 31.9 Å². The zero-order valence-corrected chi connectivity index (χ0v) is 12.0. The van der Waals surface area contributed by atoms with Crippen LogP contribution in [-0.2, 0) is 9.53 Å². The monoisotopic (exact) mass is 288 g/mol. The van der Waals surface area contributed by atoms with Crippen molar-refractivity contribution in [1.82, 2.24) is 10.2 Å². The smallest absolute Gasteiger partial charge is 0.239 e. The molecule has 1 amide bonds. The second-order valence-electron chi connectivity index (χ2n) is 4.85. The first kappa shape index (κ1) is 15.3. The Kier molecular flexibility index (Phi) is 6.00. The summed E-state index contributed by atoms with van der Waals surface area (Å²) < 4.78 is 5.27. The van der Waals surface area contributed by atoms with Gasteiger partial charge in [0.25, 0.3) is 0 Å². The highest BCUT2D eigenvalue weighted by atomic mass is 16.5. The number of carbonyl (C=O) groups is 1. The molecule has 0 spiro atoms. The van der Waals surface area contributed by atoms with Crippen molar-refractivity contribution in [3.63, 3.8) is 0 Å². The number of nitrogens with one attached hydrogen (secondary N) is 2. The zero-order chi connectivity index (χ0) is 14.9. The van der Waals surface area contributed by atoms with Crippen molar-refractivity contribution in [1.29, 1.82) is 5.26 Å². The molecule has 0 unspecified atom stereocenters. The van der Waals surface area contributed by atoms with E-state index >= 15 is 0 Å². The summed E-state index contributed by atoms with van der Waals surface area (Å²) in [5.74, 6) is -0.0346. The van der Waals surface area contributed by atoms with Crippen LogP contribution in [0.2, 0.25) is 0 Å². The average molecular weight is 288 g/mol. The molecule has 0 bridgehead atoms. The Bertz CT molecular complexity index is 489. The lowest BCUT2D eigenvalue weighted by molar-refractivity contribution is -0.119. The Morgan fingerprint density at radius 3 is 2.67 bits per heavy atom. The van der Waals surface area contributed by atoms with Crippen molar-refractivity contribution in [2.45, 2.75) is 0 Å². The first-order valence-corrected chi connectivity index (χ1v) is 7.09. The molecule has 1 fully saturated rings. The van der Waals surface area contributed by atoms with Gasteiger partial charge >= 0.3 is 0 Å². The van der Waals surface area contributed by atoms with E-state index in [0.717, 1.165) is 38.5 Å². The van der Waals surface area contributed by atoms with Crippen LogP contribution in [0.25, 0.3) is 0 Å². The number of nitriles is 1. The molecular formula is C15H20N4O2. The Hall–Kier alpha value is -2.10. The molecular weight excluding hydrogens is 268 g/mol. The summed E-state index contributed by atoms with van der Waals surface area (Å²) in [6.45, 7) is 5.13. The van der Waals surface area contributed by atoms with E-state index < -0.39 is 0 Å². The molecule has 6 heteroatoms. The van der Waals surface area contributed by atoms with Gasteiger partial charge in [-0.05, 0) is 24.3 Å². The normalized spacial score (nSPS) is 15.2. The Balaban J connectivity index is 1.61. The number of carbonyl (C=O) groups excluding carboxylic acids is 1. The van der Waals surface area contributed by atoms with E-state index in [4.69, 9.17) is 10.00 Å². The van der Waals surface area contributed by atoms with E-state index in [9.17, 15) is 4.79 Å². The lowest BCUT2D eigenvalue weighted by Gasteiger charge is -2.26. The number of amides is 1. The third kappa shape index (κ3) is 5.42. The van der Waals surface area contributed by atoms with Crippen LogP contribution in [0, 0.1) is 11.3 Å². The first-order chi connectivity index (χ1) is 10.3. The van der Waals surface area contributed by atoms with Gasteiger partial charge in [-0.1, -0.05) is 0 Å². The molecule has 0 atom stereocenters. The zero-order valence-electron chi connectivity index (χ0n) is 12.0. The van der Waals surface area contributed by atoms with Gasteiger partial charge in [0.15, 0.2) is 0 Å². The molecule has 2 rings (SSSR count). The maximum absolute atomic E-state index is 11.7. The fraction of sp³-hybridized carbons (Fsp3) is 0.467. The van der Waals surface area contributed by atoms with Gasteiger partial charge in [-0.15, -0.1) is 0 Å². The van der Waals surface area contributed by atoms with Crippen molar-refractivity contribution in [3.8, 4) is 6.07 Å². The van der Waals surface area contributed by atoms with Crippen molar-refractivity contribution < 1.29 is 9.53 Å². The molecule has 1 aromatic rings. The highest BCUT2D eigenvalue weighted by molar-refractivity contribution is 5.80. The van der Waals surface area contributed by atoms with Crippen molar-refractivity contribution in [3.05, 3.63) is 29.8 Å². The third-order valence-corrected chi connectivity index (χ3v) is 3.32. The molecule has 21 heavy (non-hydrogen) atoms. The lowest BCUT2D eigenvalue weighted by atomic mass is 10.2. The van der Waals surface area contributed by atoms with Crippen molar-refractivity contribution in [2.24, 2.45) is 0 Å². The van der Waals surface area contributed by atoms with E-state index in [-0.39, 0.29) is 12.5 Å². The van der Waals surface area contributed by atoms with E-state index in [1.54, 1.807) is 24.3 Å². The van der Waals surface area contributed by atoms with Gasteiger partial charge in [0.1, 0.15) is 0 Å². The number of morpholine rings is 1. The number of anilines is 1. The number of ether oxygens (including phenoxy) is 1. The highest BCUT2D eigenvalue weighted by Gasteiger charge is 2.09. The maximum Gasteiger partial charge on any atom is 0.239 e. The molecule has 2 N–H and O–H groups in total. The van der Waals surface area contributed by atoms with Crippen LogP contribution in [-0.4, -0.2) is 56.7 Å². The third-order valence-electron chi connectivity index (χ3n) is 3.32. The van der Waals surface area contributed by atoms with Crippen LogP contribution < -0.4 is 10.6 Å². The van der Waals surface area contributed by atoms with E-state index in [1.165, 1.54) is 0 Å². The second-order valence-corrected chi connectivity index (χ2v) is 4.85. The molecule has 0 radical (unpaired) electrons. The minimum Gasteiger partial charge on any atom is -0.379 e. The van der Waals surface area contributed by atoms with Crippen LogP contribution in [0.4, 0.5) is 5.69 Å². The predicted molar refractivity (Wildman–Crippen MR) is 79.9 cm³/mol. The summed E-state index contributed by atoms with van der Waals surface area (Å²) in [6.07, 6.45) is 0. The number of hydrogen-bond acceptors (Lipinski definition) is 5. The molecule has 1 heterocycles. The number of rotatable bonds is 6. The summed E-state index contributed by atoms with van der Waals surface area (Å²) in [4.78, 5) is 14.0. The molecule has 1 aliphatic heterocycles. The Labute approximate surface area is 124 Å². The summed E-state index contributed by atoms with van der Waals surface area (Å²) in [6, 6.07) is 9.08. The second kappa shape index (κ2) is 8.25. The van der Waals surface area contributed by atoms with Crippen LogP contribution in [0.5, 0.6) is 0 Å². The van der Waals surface area contributed by atoms with Crippen LogP contribution >= 0.6 is 0 Å². The van der Waals surface area contributed by atoms with Crippen LogP contribution in [0.3, 0.4) is 0 Å². The molecule has 6 nitrogen and oxygen atoms in total. The van der Waals surface area contributed by atoms with Crippen LogP contribution in [0.15, 0.2) is 24.3 Å². The van der Waals surface area contributed by atoms with Gasteiger partial charge in [-0.2, -0.15) is 5.26 Å². The molecule has 1 aromatic carbocycles. The average Bonchev–Trinajstić information content (AvgIpc) is 2.54. The summed E-state index contributed by atoms with van der Waals surface area (Å²) in [5.41, 5.74) is 1.44. The van der Waals surface area contributed by atoms with E-state index in [2.05, 4.69) is 21.6 Å². The fourth-order valence-corrected chi connectivity index (χ4v) is 2.09. The minimum absolute atomic E-state index is 0.0346. The van der Waals surface area contributed by atoms with Gasteiger partial charge in [-0.25, -0.2) is 0 Å². The standard InChI is InChI=1S/C15H20N4O2/c16-11-13-1-3-14(4-2-13)18-12-15(20)17-5-6-19-7-9-21-10-8-19/h1-4,18H,5-10,12H2,(H,17,20). The molecule has 0 aromatic heterocycles. The molecule has 1 aliphatic rings. The van der Waals surface area contributed by atoms with Gasteiger partial charge in [0.2, 0.25) is 5.91 Å². The van der Waals surface area contributed by atoms with Gasteiger partial charge < -0.3 is 15.4 Å². The fourth-order valence-electron chi connectivity index (χ4n) is 2.09. The Morgan fingerprint density at radius 2 is 2.00 bits per heavy atom. The van der Waals surface area contributed by atoms with Crippen LogP contribution in [0.1, 0.15) is 5.56 Å². The topological polar surface area (TPSA) is 77.4 Å². The van der Waals surface area contributed by atoms with Crippen molar-refractivity contribution in [2.75, 3.05) is 51.3 Å². The predicted octanol–water partition coefficient (Wildman–Crippen LogP) is 0.419. The summed E-state index contributed by atoms with van der Waals surface area (Å²) >= 11 is 0. The van der Waals surface area contributed by atoms with E-state index in [0.29, 0.717) is 12.1 Å². The molecule has 0 saturated carbocycles. The summed E-state index contributed by atoms with van der Waals surface area (Å²) in [7, 11) is 0. The minimum atomic E-state index is -0.0346. The lowest BCUT2D eigenvalue weighted by Crippen LogP contribution is -2.42. The SMILES string of the molecule is N#Cc1ccc(NCC(=O)NCCN2CCOCC2)cc1. The molecule has 0 aliphatic carbocycles. The first-order valence-electron chi connectivity index (χ1n) is 7.09. The number of benzene rings is 1. The number of hydrogen-bond donors (Lipinski definition) is 2. The largest absolute Gasteiger partial charge is 0.379 e. The van der Waals surface area contributed by atoms with E-state index in [1.807, 2.05) is 0 Å². The quantitative estimate of drug-likeness (QED) is 0.793. The summed E-state index contributed by atoms with van der Waals surface area (Å²) in [5, 5.41) is 14.6. The Morgan fingerprint density at radius 1 is 1.29 bits per heavy atom. The highest BCUT2D eigenvalue weighted by Crippen LogP contribution is 2.07. The maximum atomic E-state index is 11.7. The van der Waals surface area contributed by atoms with Crippen molar-refractivity contribution >= 4 is 11.6 Å². The molecule has 112 valence electrons. The van der Waals surface area contributed by atoms with Gasteiger partial charge in [-0.3, -0.25) is 9.69 Å². The van der Waals surface area contributed by atoms with Gasteiger partial charge in [0.05, 0.1) is 31.4 Å². The number of nitrogens with zero attached hydrogens (tertiary/aromatic N) is 2. The molecule has 1 saturated heterocycles.